The number of benzene rings is 1. The first-order chi connectivity index (χ1) is 18.1. The first kappa shape index (κ1) is 26.2. The lowest BCUT2D eigenvalue weighted by Gasteiger charge is -2.14. The molecule has 2 aromatic heterocycles. The van der Waals surface area contributed by atoms with Crippen molar-refractivity contribution in [3.63, 3.8) is 0 Å². The van der Waals surface area contributed by atoms with E-state index in [1.807, 2.05) is 0 Å². The lowest BCUT2D eigenvalue weighted by Crippen LogP contribution is -2.37. The maximum absolute atomic E-state index is 15.8. The highest BCUT2D eigenvalue weighted by Crippen LogP contribution is 2.43. The molecule has 2 aliphatic carbocycles. The summed E-state index contributed by atoms with van der Waals surface area (Å²) < 4.78 is 47.7. The van der Waals surface area contributed by atoms with E-state index in [0.29, 0.717) is 42.5 Å². The van der Waals surface area contributed by atoms with Gasteiger partial charge in [-0.1, -0.05) is 11.6 Å². The third-order valence-electron chi connectivity index (χ3n) is 6.22. The molecule has 2 heterocycles. The van der Waals surface area contributed by atoms with Crippen molar-refractivity contribution in [1.82, 2.24) is 25.3 Å². The average Bonchev–Trinajstić information content (AvgIpc) is 3.82. The fourth-order valence-corrected chi connectivity index (χ4v) is 5.51. The highest BCUT2D eigenvalue weighted by Gasteiger charge is 2.37. The number of sulfonamides is 1. The molecule has 1 amide bonds. The molecule has 202 valence electrons. The molecule has 4 N–H and O–H groups in total. The van der Waals surface area contributed by atoms with Gasteiger partial charge >= 0.3 is 6.09 Å². The highest BCUT2D eigenvalue weighted by atomic mass is 35.5. The Kier molecular flexibility index (Phi) is 7.14. The monoisotopic (exact) mass is 563 g/mol. The van der Waals surface area contributed by atoms with Crippen molar-refractivity contribution in [2.24, 2.45) is 0 Å². The van der Waals surface area contributed by atoms with Crippen molar-refractivity contribution >= 4 is 39.4 Å². The Bertz CT molecular complexity index is 1470. The van der Waals surface area contributed by atoms with Gasteiger partial charge in [-0.05, 0) is 50.8 Å². The van der Waals surface area contributed by atoms with Crippen molar-refractivity contribution in [3.8, 4) is 22.6 Å². The lowest BCUT2D eigenvalue weighted by atomic mass is 10.1. The Labute approximate surface area is 224 Å². The summed E-state index contributed by atoms with van der Waals surface area (Å²) in [5, 5.41) is 5.34. The van der Waals surface area contributed by atoms with Gasteiger partial charge in [-0.15, -0.1) is 0 Å². The number of aromatic amines is 1. The fraction of sp³-hybridized carbons (Fsp3) is 0.417. The van der Waals surface area contributed by atoms with Gasteiger partial charge in [-0.25, -0.2) is 32.6 Å². The Balaban J connectivity index is 1.48. The summed E-state index contributed by atoms with van der Waals surface area (Å²) >= 11 is 6.30. The number of carbonyl (C=O) groups is 1. The maximum atomic E-state index is 15.8. The number of alkyl carbamates (subject to hydrolysis) is 1. The van der Waals surface area contributed by atoms with Gasteiger partial charge in [0.15, 0.2) is 5.82 Å². The van der Waals surface area contributed by atoms with Crippen molar-refractivity contribution in [3.05, 3.63) is 41.1 Å². The van der Waals surface area contributed by atoms with Crippen LogP contribution in [-0.4, -0.2) is 59.4 Å². The van der Waals surface area contributed by atoms with E-state index < -0.39 is 27.2 Å². The van der Waals surface area contributed by atoms with Crippen molar-refractivity contribution < 1.29 is 22.3 Å². The van der Waals surface area contributed by atoms with Gasteiger partial charge in [-0.3, -0.25) is 4.72 Å². The number of halogens is 2. The quantitative estimate of drug-likeness (QED) is 0.285. The standard InChI is InChI=1S/C24H27ClFN7O4S/c1-12(29-24(34)37-2)11-28-23-27-8-7-17(30-23)21-20(31-22(32-21)13-3-4-13)16-9-14(25)10-18(19(16)26)33-38(35,36)15-5-6-15/h7-10,12-13,15,33H,3-6,11H2,1-2H3,(H,29,34)(H,31,32)(H,27,28,30). The van der Waals surface area contributed by atoms with Gasteiger partial charge in [0.05, 0.1) is 29.4 Å². The smallest absolute Gasteiger partial charge is 0.407 e. The second kappa shape index (κ2) is 10.4. The number of methoxy groups -OCH3 is 1. The molecule has 3 aromatic rings. The maximum Gasteiger partial charge on any atom is 0.407 e. The number of anilines is 2. The van der Waals surface area contributed by atoms with E-state index in [9.17, 15) is 13.2 Å². The Morgan fingerprint density at radius 1 is 1.26 bits per heavy atom. The molecule has 38 heavy (non-hydrogen) atoms. The second-order valence-corrected chi connectivity index (χ2v) is 11.9. The molecule has 1 aromatic carbocycles. The van der Waals surface area contributed by atoms with Crippen LogP contribution in [0.3, 0.4) is 0 Å². The molecular weight excluding hydrogens is 537 g/mol. The number of carbonyl (C=O) groups excluding carboxylic acids is 1. The molecule has 0 bridgehead atoms. The number of hydrogen-bond acceptors (Lipinski definition) is 8. The highest BCUT2D eigenvalue weighted by molar-refractivity contribution is 7.93. The van der Waals surface area contributed by atoms with Crippen molar-refractivity contribution in [2.75, 3.05) is 23.7 Å². The number of imidazole rings is 1. The largest absolute Gasteiger partial charge is 0.453 e. The van der Waals surface area contributed by atoms with E-state index in [1.54, 1.807) is 19.2 Å². The van der Waals surface area contributed by atoms with Crippen LogP contribution >= 0.6 is 11.6 Å². The van der Waals surface area contributed by atoms with Crippen LogP contribution in [0, 0.1) is 5.82 Å². The van der Waals surface area contributed by atoms with Crippen LogP contribution in [0.15, 0.2) is 24.4 Å². The summed E-state index contributed by atoms with van der Waals surface area (Å²) in [7, 11) is -2.42. The van der Waals surface area contributed by atoms with Gasteiger partial charge < -0.3 is 20.4 Å². The minimum absolute atomic E-state index is 0.0492. The molecule has 11 nitrogen and oxygen atoms in total. The normalized spacial score (nSPS) is 16.1. The summed E-state index contributed by atoms with van der Waals surface area (Å²) in [5.74, 6) is 0.434. The summed E-state index contributed by atoms with van der Waals surface area (Å²) in [4.78, 5) is 28.2. The average molecular weight is 564 g/mol. The molecule has 0 saturated heterocycles. The third kappa shape index (κ3) is 5.83. The topological polar surface area (TPSA) is 151 Å². The van der Waals surface area contributed by atoms with Crippen LogP contribution in [0.4, 0.5) is 20.8 Å². The number of nitrogens with zero attached hydrogens (tertiary/aromatic N) is 3. The van der Waals surface area contributed by atoms with Crippen LogP contribution in [0.2, 0.25) is 5.02 Å². The number of rotatable bonds is 10. The summed E-state index contributed by atoms with van der Waals surface area (Å²) in [5.41, 5.74) is 0.996. The van der Waals surface area contributed by atoms with Crippen molar-refractivity contribution in [2.45, 2.75) is 49.8 Å². The van der Waals surface area contributed by atoms with Gasteiger partial charge in [0, 0.05) is 35.3 Å². The summed E-state index contributed by atoms with van der Waals surface area (Å²) in [6, 6.07) is 4.07. The molecule has 5 rings (SSSR count). The van der Waals surface area contributed by atoms with E-state index in [0.717, 1.165) is 12.8 Å². The number of ether oxygens (including phenoxy) is 1. The fourth-order valence-electron chi connectivity index (χ4n) is 3.91. The Morgan fingerprint density at radius 3 is 2.71 bits per heavy atom. The predicted molar refractivity (Wildman–Crippen MR) is 141 cm³/mol. The molecule has 1 unspecified atom stereocenters. The van der Waals surface area contributed by atoms with E-state index in [1.165, 1.54) is 19.2 Å². The number of hydrogen-bond donors (Lipinski definition) is 4. The molecule has 14 heteroatoms. The van der Waals surface area contributed by atoms with Crippen LogP contribution in [0.1, 0.15) is 44.3 Å². The van der Waals surface area contributed by atoms with E-state index in [2.05, 4.69) is 40.0 Å². The van der Waals surface area contributed by atoms with Gasteiger partial charge in [-0.2, -0.15) is 0 Å². The molecule has 1 atom stereocenters. The van der Waals surface area contributed by atoms with E-state index in [-0.39, 0.29) is 33.9 Å². The molecule has 0 spiro atoms. The number of aromatic nitrogens is 4. The van der Waals surface area contributed by atoms with Gasteiger partial charge in [0.25, 0.3) is 0 Å². The zero-order chi connectivity index (χ0) is 27.0. The predicted octanol–water partition coefficient (Wildman–Crippen LogP) is 4.26. The number of amides is 1. The van der Waals surface area contributed by atoms with Crippen LogP contribution in [0.5, 0.6) is 0 Å². The molecule has 2 saturated carbocycles. The first-order valence-corrected chi connectivity index (χ1v) is 14.1. The second-order valence-electron chi connectivity index (χ2n) is 9.46. The molecule has 2 aliphatic rings. The van der Waals surface area contributed by atoms with E-state index >= 15 is 4.39 Å². The Hall–Kier alpha value is -3.45. The lowest BCUT2D eigenvalue weighted by molar-refractivity contribution is 0.168. The number of H-pyrrole nitrogens is 1. The van der Waals surface area contributed by atoms with Gasteiger partial charge in [0.1, 0.15) is 11.5 Å². The van der Waals surface area contributed by atoms with E-state index in [4.69, 9.17) is 11.6 Å². The zero-order valence-corrected chi connectivity index (χ0v) is 22.3. The number of nitrogens with one attached hydrogen (secondary N) is 4. The molecule has 2 fully saturated rings. The van der Waals surface area contributed by atoms with Crippen LogP contribution < -0.4 is 15.4 Å². The summed E-state index contributed by atoms with van der Waals surface area (Å²) in [6.45, 7) is 2.12. The minimum atomic E-state index is -3.71. The first-order valence-electron chi connectivity index (χ1n) is 12.2. The zero-order valence-electron chi connectivity index (χ0n) is 20.7. The minimum Gasteiger partial charge on any atom is -0.453 e. The molecular formula is C24H27ClFN7O4S. The molecule has 0 aliphatic heterocycles. The molecule has 0 radical (unpaired) electrons. The van der Waals surface area contributed by atoms with Gasteiger partial charge in [0.2, 0.25) is 16.0 Å². The van der Waals surface area contributed by atoms with Crippen molar-refractivity contribution in [1.29, 1.82) is 0 Å². The SMILES string of the molecule is COC(=O)NC(C)CNc1nccc(-c2[nH]c(C3CC3)nc2-c2cc(Cl)cc(NS(=O)(=O)C3CC3)c2F)n1. The van der Waals surface area contributed by atoms with Crippen LogP contribution in [-0.2, 0) is 14.8 Å². The third-order valence-corrected chi connectivity index (χ3v) is 8.29. The van der Waals surface area contributed by atoms with Crippen LogP contribution in [0.25, 0.3) is 22.6 Å². The Morgan fingerprint density at radius 2 is 2.03 bits per heavy atom. The summed E-state index contributed by atoms with van der Waals surface area (Å²) in [6.07, 6.45) is 4.00.